The summed E-state index contributed by atoms with van der Waals surface area (Å²) in [6.45, 7) is 19.8. The number of hydrogen-bond donors (Lipinski definition) is 1. The van der Waals surface area contributed by atoms with E-state index in [4.69, 9.17) is 4.98 Å². The second kappa shape index (κ2) is 6.66. The molecule has 0 atom stereocenters. The molecule has 0 spiro atoms. The molecule has 0 bridgehead atoms. The van der Waals surface area contributed by atoms with E-state index < -0.39 is 0 Å². The number of rotatable bonds is 5. The highest BCUT2D eigenvalue weighted by molar-refractivity contribution is 7.15. The van der Waals surface area contributed by atoms with Crippen molar-refractivity contribution >= 4 is 16.5 Å². The van der Waals surface area contributed by atoms with E-state index in [1.165, 1.54) is 10.6 Å². The molecule has 1 heterocycles. The second-order valence-corrected chi connectivity index (χ2v) is 9.46. The first-order valence-corrected chi connectivity index (χ1v) is 8.68. The van der Waals surface area contributed by atoms with Crippen LogP contribution in [0.15, 0.2) is 0 Å². The number of thiazole rings is 1. The van der Waals surface area contributed by atoms with Crippen LogP contribution >= 0.6 is 11.3 Å². The highest BCUT2D eigenvalue weighted by Gasteiger charge is 2.25. The summed E-state index contributed by atoms with van der Waals surface area (Å²) in [5, 5.41) is 4.73. The van der Waals surface area contributed by atoms with Gasteiger partial charge in [0, 0.05) is 36.0 Å². The minimum Gasteiger partial charge on any atom is -0.351 e. The fraction of sp³-hybridized carbons (Fsp3) is 0.824. The van der Waals surface area contributed by atoms with Gasteiger partial charge in [0.1, 0.15) is 0 Å². The van der Waals surface area contributed by atoms with Crippen LogP contribution in [0.4, 0.5) is 5.13 Å². The lowest BCUT2D eigenvalue weighted by Crippen LogP contribution is -2.35. The van der Waals surface area contributed by atoms with Crippen molar-refractivity contribution in [2.24, 2.45) is 5.92 Å². The lowest BCUT2D eigenvalue weighted by molar-refractivity contribution is 0.422. The normalized spacial score (nSPS) is 13.0. The predicted molar refractivity (Wildman–Crippen MR) is 95.5 cm³/mol. The molecule has 0 amide bonds. The molecule has 0 saturated carbocycles. The molecule has 1 aromatic rings. The van der Waals surface area contributed by atoms with Crippen LogP contribution in [0.5, 0.6) is 0 Å². The summed E-state index contributed by atoms with van der Waals surface area (Å²) in [6.07, 6.45) is 0. The Bertz CT molecular complexity index is 450. The van der Waals surface area contributed by atoms with Gasteiger partial charge in [-0.2, -0.15) is 0 Å². The molecule has 4 heteroatoms. The van der Waals surface area contributed by atoms with Crippen molar-refractivity contribution in [3.8, 4) is 0 Å². The van der Waals surface area contributed by atoms with Crippen molar-refractivity contribution in [2.45, 2.75) is 72.9 Å². The quantitative estimate of drug-likeness (QED) is 0.872. The number of aromatic nitrogens is 1. The van der Waals surface area contributed by atoms with Crippen molar-refractivity contribution in [1.82, 2.24) is 10.3 Å². The number of anilines is 1. The molecule has 0 aliphatic carbocycles. The zero-order chi connectivity index (χ0) is 16.4. The fourth-order valence-corrected chi connectivity index (χ4v) is 3.36. The SMILES string of the molecule is CC(C)CN(C)c1nc(C(C)(C)C)c(CNC(C)(C)C)s1. The molecule has 1 aromatic heterocycles. The van der Waals surface area contributed by atoms with E-state index in [1.807, 2.05) is 11.3 Å². The largest absolute Gasteiger partial charge is 0.351 e. The summed E-state index contributed by atoms with van der Waals surface area (Å²) in [5.74, 6) is 0.646. The van der Waals surface area contributed by atoms with Gasteiger partial charge in [-0.1, -0.05) is 34.6 Å². The van der Waals surface area contributed by atoms with Crippen LogP contribution in [-0.4, -0.2) is 24.1 Å². The summed E-state index contributed by atoms with van der Waals surface area (Å²) < 4.78 is 0. The summed E-state index contributed by atoms with van der Waals surface area (Å²) in [7, 11) is 2.15. The van der Waals surface area contributed by atoms with Gasteiger partial charge in [-0.3, -0.25) is 0 Å². The summed E-state index contributed by atoms with van der Waals surface area (Å²) in [5.41, 5.74) is 1.45. The Morgan fingerprint density at radius 3 is 2.14 bits per heavy atom. The maximum Gasteiger partial charge on any atom is 0.185 e. The van der Waals surface area contributed by atoms with Gasteiger partial charge in [0.15, 0.2) is 5.13 Å². The molecule has 1 N–H and O–H groups in total. The number of hydrogen-bond acceptors (Lipinski definition) is 4. The Kier molecular flexibility index (Phi) is 5.84. The first-order chi connectivity index (χ1) is 9.40. The Balaban J connectivity index is 3.02. The van der Waals surface area contributed by atoms with Crippen LogP contribution < -0.4 is 10.2 Å². The van der Waals surface area contributed by atoms with Crippen LogP contribution in [0.2, 0.25) is 0 Å². The van der Waals surface area contributed by atoms with Gasteiger partial charge in [-0.25, -0.2) is 4.98 Å². The Morgan fingerprint density at radius 1 is 1.14 bits per heavy atom. The summed E-state index contributed by atoms with van der Waals surface area (Å²) >= 11 is 1.83. The van der Waals surface area contributed by atoms with E-state index in [-0.39, 0.29) is 11.0 Å². The Hall–Kier alpha value is -0.610. The standard InChI is InChI=1S/C17H33N3S/c1-12(2)11-20(9)15-19-14(16(3,4)5)13(21-15)10-18-17(6,7)8/h12,18H,10-11H2,1-9H3. The van der Waals surface area contributed by atoms with Crippen LogP contribution in [0.1, 0.15) is 66.0 Å². The van der Waals surface area contributed by atoms with Crippen LogP contribution in [0.3, 0.4) is 0 Å². The first-order valence-electron chi connectivity index (χ1n) is 7.86. The zero-order valence-electron chi connectivity index (χ0n) is 15.3. The number of nitrogens with one attached hydrogen (secondary N) is 1. The third-order valence-electron chi connectivity index (χ3n) is 3.14. The molecular weight excluding hydrogens is 278 g/mol. The summed E-state index contributed by atoms with van der Waals surface area (Å²) in [6, 6.07) is 0. The lowest BCUT2D eigenvalue weighted by Gasteiger charge is -2.22. The average molecular weight is 312 g/mol. The second-order valence-electron chi connectivity index (χ2n) is 8.40. The Labute approximate surface area is 135 Å². The third kappa shape index (κ3) is 5.95. The lowest BCUT2D eigenvalue weighted by atomic mass is 9.91. The van der Waals surface area contributed by atoms with Crippen LogP contribution in [0, 0.1) is 5.92 Å². The van der Waals surface area contributed by atoms with Crippen molar-refractivity contribution in [1.29, 1.82) is 0 Å². The van der Waals surface area contributed by atoms with Gasteiger partial charge in [0.05, 0.1) is 5.69 Å². The van der Waals surface area contributed by atoms with Gasteiger partial charge in [0.2, 0.25) is 0 Å². The molecule has 21 heavy (non-hydrogen) atoms. The van der Waals surface area contributed by atoms with E-state index >= 15 is 0 Å². The zero-order valence-corrected chi connectivity index (χ0v) is 16.1. The predicted octanol–water partition coefficient (Wildman–Crippen LogP) is 4.42. The highest BCUT2D eigenvalue weighted by Crippen LogP contribution is 2.34. The monoisotopic (exact) mass is 311 g/mol. The molecule has 0 saturated heterocycles. The third-order valence-corrected chi connectivity index (χ3v) is 4.31. The highest BCUT2D eigenvalue weighted by atomic mass is 32.1. The van der Waals surface area contributed by atoms with E-state index in [9.17, 15) is 0 Å². The van der Waals surface area contributed by atoms with Crippen LogP contribution in [-0.2, 0) is 12.0 Å². The van der Waals surface area contributed by atoms with Gasteiger partial charge in [-0.15, -0.1) is 11.3 Å². The maximum absolute atomic E-state index is 4.94. The molecule has 0 aliphatic rings. The van der Waals surface area contributed by atoms with Crippen molar-refractivity contribution < 1.29 is 0 Å². The van der Waals surface area contributed by atoms with Gasteiger partial charge in [0.25, 0.3) is 0 Å². The van der Waals surface area contributed by atoms with Crippen LogP contribution in [0.25, 0.3) is 0 Å². The van der Waals surface area contributed by atoms with Crippen molar-refractivity contribution in [2.75, 3.05) is 18.5 Å². The smallest absolute Gasteiger partial charge is 0.185 e. The van der Waals surface area contributed by atoms with Gasteiger partial charge < -0.3 is 10.2 Å². The van der Waals surface area contributed by atoms with Crippen molar-refractivity contribution in [3.05, 3.63) is 10.6 Å². The minimum atomic E-state index is 0.0856. The Morgan fingerprint density at radius 2 is 1.71 bits per heavy atom. The molecule has 1 rings (SSSR count). The first kappa shape index (κ1) is 18.4. The van der Waals surface area contributed by atoms with E-state index in [2.05, 4.69) is 72.7 Å². The van der Waals surface area contributed by atoms with Gasteiger partial charge in [-0.05, 0) is 26.7 Å². The molecule has 0 unspecified atom stereocenters. The molecular formula is C17H33N3S. The topological polar surface area (TPSA) is 28.2 Å². The molecule has 0 aromatic carbocycles. The van der Waals surface area contributed by atoms with E-state index in [0.29, 0.717) is 5.92 Å². The van der Waals surface area contributed by atoms with E-state index in [1.54, 1.807) is 0 Å². The molecule has 0 radical (unpaired) electrons. The fourth-order valence-electron chi connectivity index (χ4n) is 2.18. The molecule has 0 aliphatic heterocycles. The number of nitrogens with zero attached hydrogens (tertiary/aromatic N) is 2. The van der Waals surface area contributed by atoms with Crippen molar-refractivity contribution in [3.63, 3.8) is 0 Å². The average Bonchev–Trinajstić information content (AvgIpc) is 2.68. The summed E-state index contributed by atoms with van der Waals surface area (Å²) in [4.78, 5) is 8.59. The maximum atomic E-state index is 4.94. The van der Waals surface area contributed by atoms with E-state index in [0.717, 1.165) is 18.2 Å². The molecule has 122 valence electrons. The molecule has 3 nitrogen and oxygen atoms in total. The minimum absolute atomic E-state index is 0.0856. The van der Waals surface area contributed by atoms with Gasteiger partial charge >= 0.3 is 0 Å². The molecule has 0 fully saturated rings.